The number of aromatic nitrogens is 1. The van der Waals surface area contributed by atoms with Gasteiger partial charge in [-0.25, -0.2) is 0 Å². The first-order valence-electron chi connectivity index (χ1n) is 8.06. The maximum absolute atomic E-state index is 4.20. The molecule has 0 saturated carbocycles. The average molecular weight is 291 g/mol. The Morgan fingerprint density at radius 2 is 1.95 bits per heavy atom. The number of hydrogen-bond acceptors (Lipinski definition) is 3. The van der Waals surface area contributed by atoms with Crippen LogP contribution in [0.4, 0.5) is 0 Å². The Kier molecular flexibility index (Phi) is 6.82. The molecule has 0 radical (unpaired) electrons. The summed E-state index contributed by atoms with van der Waals surface area (Å²) in [6.45, 7) is 14.5. The maximum atomic E-state index is 4.20. The minimum Gasteiger partial charge on any atom is -0.311 e. The number of hydrogen-bond donors (Lipinski definition) is 1. The van der Waals surface area contributed by atoms with Crippen molar-refractivity contribution in [3.8, 4) is 0 Å². The van der Waals surface area contributed by atoms with Gasteiger partial charge in [-0.15, -0.1) is 0 Å². The maximum Gasteiger partial charge on any atom is 0.0312 e. The highest BCUT2D eigenvalue weighted by Gasteiger charge is 2.26. The lowest BCUT2D eigenvalue weighted by atomic mass is 9.84. The first-order chi connectivity index (χ1) is 9.74. The quantitative estimate of drug-likeness (QED) is 0.791. The predicted molar refractivity (Wildman–Crippen MR) is 91.3 cm³/mol. The predicted octanol–water partition coefficient (Wildman–Crippen LogP) is 3.71. The summed E-state index contributed by atoms with van der Waals surface area (Å²) in [4.78, 5) is 6.61. The molecule has 1 unspecified atom stereocenters. The second-order valence-corrected chi connectivity index (χ2v) is 7.70. The zero-order valence-electron chi connectivity index (χ0n) is 14.7. The smallest absolute Gasteiger partial charge is 0.0312 e. The van der Waals surface area contributed by atoms with E-state index in [1.54, 1.807) is 0 Å². The van der Waals surface area contributed by atoms with Crippen molar-refractivity contribution < 1.29 is 0 Å². The number of nitrogens with zero attached hydrogens (tertiary/aromatic N) is 2. The largest absolute Gasteiger partial charge is 0.311 e. The summed E-state index contributed by atoms with van der Waals surface area (Å²) in [5, 5.41) is 3.68. The zero-order chi connectivity index (χ0) is 15.9. The van der Waals surface area contributed by atoms with Crippen LogP contribution in [0.3, 0.4) is 0 Å². The summed E-state index contributed by atoms with van der Waals surface area (Å²) >= 11 is 0. The lowest BCUT2D eigenvalue weighted by molar-refractivity contribution is 0.157. The summed E-state index contributed by atoms with van der Waals surface area (Å²) in [5.74, 6) is 0. The van der Waals surface area contributed by atoms with Crippen molar-refractivity contribution in [3.05, 3.63) is 30.1 Å². The van der Waals surface area contributed by atoms with Crippen LogP contribution < -0.4 is 5.32 Å². The first kappa shape index (κ1) is 18.1. The average Bonchev–Trinajstić information content (AvgIpc) is 2.37. The molecule has 1 aromatic rings. The van der Waals surface area contributed by atoms with Crippen LogP contribution in [-0.4, -0.2) is 35.6 Å². The summed E-state index contributed by atoms with van der Waals surface area (Å²) in [5.41, 5.74) is 1.76. The molecule has 1 aromatic heterocycles. The van der Waals surface area contributed by atoms with Crippen molar-refractivity contribution >= 4 is 0 Å². The van der Waals surface area contributed by atoms with Crippen LogP contribution in [0.2, 0.25) is 0 Å². The molecule has 3 heteroatoms. The van der Waals surface area contributed by atoms with E-state index < -0.39 is 0 Å². The van der Waals surface area contributed by atoms with Gasteiger partial charge in [0, 0.05) is 37.6 Å². The van der Waals surface area contributed by atoms with Crippen molar-refractivity contribution in [1.29, 1.82) is 0 Å². The van der Waals surface area contributed by atoms with Gasteiger partial charge in [-0.1, -0.05) is 26.3 Å². The van der Waals surface area contributed by atoms with Gasteiger partial charge in [-0.2, -0.15) is 0 Å². The van der Waals surface area contributed by atoms with Crippen molar-refractivity contribution in [3.63, 3.8) is 0 Å². The molecular formula is C18H33N3. The van der Waals surface area contributed by atoms with Crippen molar-refractivity contribution in [2.24, 2.45) is 5.41 Å². The van der Waals surface area contributed by atoms with E-state index in [9.17, 15) is 0 Å². The van der Waals surface area contributed by atoms with Gasteiger partial charge in [0.15, 0.2) is 0 Å². The Morgan fingerprint density at radius 1 is 1.24 bits per heavy atom. The number of pyridine rings is 1. The Balaban J connectivity index is 2.59. The normalized spacial score (nSPS) is 15.2. The second kappa shape index (κ2) is 7.90. The fourth-order valence-electron chi connectivity index (χ4n) is 2.82. The van der Waals surface area contributed by atoms with Gasteiger partial charge in [-0.05, 0) is 51.3 Å². The molecule has 1 rings (SSSR count). The molecule has 0 fully saturated rings. The highest BCUT2D eigenvalue weighted by Crippen LogP contribution is 2.25. The van der Waals surface area contributed by atoms with Gasteiger partial charge in [0.2, 0.25) is 0 Å². The molecule has 0 amide bonds. The first-order valence-corrected chi connectivity index (χ1v) is 8.06. The van der Waals surface area contributed by atoms with Crippen LogP contribution in [0.5, 0.6) is 0 Å². The standard InChI is InChI=1S/C18H33N3/c1-7-10-18(5,14-20-17(2,3)4)15-21(6)13-16-9-8-11-19-12-16/h8-9,11-12,20H,7,10,13-15H2,1-6H3. The van der Waals surface area contributed by atoms with E-state index in [0.717, 1.165) is 19.6 Å². The zero-order valence-corrected chi connectivity index (χ0v) is 14.7. The van der Waals surface area contributed by atoms with E-state index in [4.69, 9.17) is 0 Å². The molecule has 1 atom stereocenters. The van der Waals surface area contributed by atoms with Crippen molar-refractivity contribution in [1.82, 2.24) is 15.2 Å². The number of nitrogens with one attached hydrogen (secondary N) is 1. The van der Waals surface area contributed by atoms with Crippen LogP contribution in [0.25, 0.3) is 0 Å². The van der Waals surface area contributed by atoms with Crippen LogP contribution in [0, 0.1) is 5.41 Å². The van der Waals surface area contributed by atoms with Crippen LogP contribution in [0.15, 0.2) is 24.5 Å². The summed E-state index contributed by atoms with van der Waals surface area (Å²) < 4.78 is 0. The van der Waals surface area contributed by atoms with Crippen molar-refractivity contribution in [2.45, 2.75) is 59.5 Å². The third kappa shape index (κ3) is 7.58. The molecular weight excluding hydrogens is 258 g/mol. The molecule has 0 aliphatic heterocycles. The van der Waals surface area contributed by atoms with Crippen LogP contribution in [0.1, 0.15) is 53.0 Å². The molecule has 0 bridgehead atoms. The Morgan fingerprint density at radius 3 is 2.48 bits per heavy atom. The fraction of sp³-hybridized carbons (Fsp3) is 0.722. The van der Waals surface area contributed by atoms with Gasteiger partial charge in [0.25, 0.3) is 0 Å². The van der Waals surface area contributed by atoms with Crippen molar-refractivity contribution in [2.75, 3.05) is 20.1 Å². The summed E-state index contributed by atoms with van der Waals surface area (Å²) in [6.07, 6.45) is 6.26. The van der Waals surface area contributed by atoms with Crippen LogP contribution >= 0.6 is 0 Å². The molecule has 3 nitrogen and oxygen atoms in total. The molecule has 21 heavy (non-hydrogen) atoms. The molecule has 0 saturated heterocycles. The summed E-state index contributed by atoms with van der Waals surface area (Å²) in [7, 11) is 2.21. The SMILES string of the molecule is CCCC(C)(CNC(C)(C)C)CN(C)Cc1cccnc1. The minimum atomic E-state index is 0.178. The van der Waals surface area contributed by atoms with Gasteiger partial charge >= 0.3 is 0 Å². The second-order valence-electron chi connectivity index (χ2n) is 7.70. The molecule has 0 spiro atoms. The third-order valence-corrected chi connectivity index (χ3v) is 3.73. The van der Waals surface area contributed by atoms with E-state index in [1.807, 2.05) is 18.5 Å². The van der Waals surface area contributed by atoms with Gasteiger partial charge < -0.3 is 10.2 Å². The molecule has 0 aliphatic carbocycles. The minimum absolute atomic E-state index is 0.178. The van der Waals surface area contributed by atoms with E-state index >= 15 is 0 Å². The summed E-state index contributed by atoms with van der Waals surface area (Å²) in [6, 6.07) is 4.16. The molecule has 0 aromatic carbocycles. The van der Waals surface area contributed by atoms with Gasteiger partial charge in [-0.3, -0.25) is 4.98 Å². The Bertz CT molecular complexity index is 397. The van der Waals surface area contributed by atoms with Gasteiger partial charge in [0.05, 0.1) is 0 Å². The van der Waals surface area contributed by atoms with E-state index in [-0.39, 0.29) is 5.54 Å². The van der Waals surface area contributed by atoms with E-state index in [0.29, 0.717) is 5.41 Å². The number of rotatable bonds is 8. The van der Waals surface area contributed by atoms with Gasteiger partial charge in [0.1, 0.15) is 0 Å². The molecule has 120 valence electrons. The molecule has 1 N–H and O–H groups in total. The Labute approximate surface area is 131 Å². The Hall–Kier alpha value is -0.930. The topological polar surface area (TPSA) is 28.2 Å². The highest BCUT2D eigenvalue weighted by molar-refractivity contribution is 5.08. The lowest BCUT2D eigenvalue weighted by Gasteiger charge is -2.36. The monoisotopic (exact) mass is 291 g/mol. The lowest BCUT2D eigenvalue weighted by Crippen LogP contribution is -2.46. The van der Waals surface area contributed by atoms with E-state index in [1.165, 1.54) is 18.4 Å². The third-order valence-electron chi connectivity index (χ3n) is 3.73. The van der Waals surface area contributed by atoms with Crippen LogP contribution in [-0.2, 0) is 6.54 Å². The molecule has 1 heterocycles. The molecule has 0 aliphatic rings. The highest BCUT2D eigenvalue weighted by atomic mass is 15.1. The fourth-order valence-corrected chi connectivity index (χ4v) is 2.82. The van der Waals surface area contributed by atoms with E-state index in [2.05, 4.69) is 62.9 Å².